The van der Waals surface area contributed by atoms with Gasteiger partial charge in [0.1, 0.15) is 0 Å². The minimum Gasteiger partial charge on any atom is -0.352 e. The van der Waals surface area contributed by atoms with Crippen LogP contribution in [0, 0.1) is 6.92 Å². The van der Waals surface area contributed by atoms with Gasteiger partial charge in [-0.3, -0.25) is 9.48 Å². The van der Waals surface area contributed by atoms with Crippen LogP contribution in [0.1, 0.15) is 133 Å². The summed E-state index contributed by atoms with van der Waals surface area (Å²) < 4.78 is 1.82. The van der Waals surface area contributed by atoms with Gasteiger partial charge in [-0.05, 0) is 20.3 Å². The van der Waals surface area contributed by atoms with Crippen molar-refractivity contribution in [3.8, 4) is 0 Å². The van der Waals surface area contributed by atoms with Gasteiger partial charge in [0.05, 0.1) is 11.3 Å². The zero-order valence-corrected chi connectivity index (χ0v) is 19.6. The average molecular weight is 406 g/mol. The van der Waals surface area contributed by atoms with Crippen LogP contribution in [0.5, 0.6) is 0 Å². The fraction of sp³-hybridized carbons (Fsp3) is 0.840. The molecule has 1 rings (SSSR count). The van der Waals surface area contributed by atoms with E-state index in [0.717, 1.165) is 25.2 Å². The lowest BCUT2D eigenvalue weighted by Gasteiger charge is -2.05. The maximum atomic E-state index is 12.2. The molecular formula is C25H47N3O. The molecule has 0 bridgehead atoms. The Morgan fingerprint density at radius 1 is 0.793 bits per heavy atom. The second-order valence-corrected chi connectivity index (χ2v) is 8.54. The topological polar surface area (TPSA) is 46.9 Å². The summed E-state index contributed by atoms with van der Waals surface area (Å²) >= 11 is 0. The van der Waals surface area contributed by atoms with Gasteiger partial charge >= 0.3 is 0 Å². The Bertz CT molecular complexity index is 524. The summed E-state index contributed by atoms with van der Waals surface area (Å²) in [6.07, 6.45) is 23.8. The van der Waals surface area contributed by atoms with Gasteiger partial charge in [0.25, 0.3) is 5.91 Å². The van der Waals surface area contributed by atoms with E-state index < -0.39 is 0 Å². The third-order valence-electron chi connectivity index (χ3n) is 5.83. The highest BCUT2D eigenvalue weighted by molar-refractivity contribution is 5.94. The highest BCUT2D eigenvalue weighted by Crippen LogP contribution is 2.13. The van der Waals surface area contributed by atoms with Gasteiger partial charge < -0.3 is 5.32 Å². The van der Waals surface area contributed by atoms with E-state index in [1.807, 2.05) is 24.7 Å². The van der Waals surface area contributed by atoms with E-state index in [9.17, 15) is 4.79 Å². The number of aryl methyl sites for hydroxylation is 2. The number of amides is 1. The number of nitrogens with one attached hydrogen (secondary N) is 1. The minimum atomic E-state index is 0.0168. The van der Waals surface area contributed by atoms with Crippen molar-refractivity contribution in [2.24, 2.45) is 0 Å². The molecule has 4 nitrogen and oxygen atoms in total. The standard InChI is InChI=1S/C25H47N3O/c1-4-6-7-8-9-10-11-12-13-14-15-16-17-18-19-20-21-26-25(29)24-22-28(5-2)27-23(24)3/h22H,4-21H2,1-3H3,(H,26,29). The van der Waals surface area contributed by atoms with Gasteiger partial charge in [0.15, 0.2) is 0 Å². The van der Waals surface area contributed by atoms with Crippen molar-refractivity contribution in [3.05, 3.63) is 17.5 Å². The molecule has 0 saturated carbocycles. The van der Waals surface area contributed by atoms with Crippen LogP contribution in [0.4, 0.5) is 0 Å². The van der Waals surface area contributed by atoms with Crippen LogP contribution in [0.3, 0.4) is 0 Å². The average Bonchev–Trinajstić information content (AvgIpc) is 3.11. The molecule has 0 unspecified atom stereocenters. The summed E-state index contributed by atoms with van der Waals surface area (Å²) in [5.41, 5.74) is 1.53. The predicted octanol–water partition coefficient (Wildman–Crippen LogP) is 7.20. The Balaban J connectivity index is 1.83. The van der Waals surface area contributed by atoms with Crippen LogP contribution in [0.15, 0.2) is 6.20 Å². The van der Waals surface area contributed by atoms with E-state index in [2.05, 4.69) is 17.3 Å². The number of hydrogen-bond acceptors (Lipinski definition) is 2. The number of hydrogen-bond donors (Lipinski definition) is 1. The highest BCUT2D eigenvalue weighted by atomic mass is 16.1. The summed E-state index contributed by atoms with van der Waals surface area (Å²) in [6, 6.07) is 0. The summed E-state index contributed by atoms with van der Waals surface area (Å²) in [7, 11) is 0. The fourth-order valence-corrected chi connectivity index (χ4v) is 3.87. The molecule has 1 amide bonds. The van der Waals surface area contributed by atoms with E-state index in [4.69, 9.17) is 0 Å². The molecule has 4 heteroatoms. The van der Waals surface area contributed by atoms with E-state index in [1.165, 1.54) is 96.3 Å². The van der Waals surface area contributed by atoms with Crippen molar-refractivity contribution in [1.82, 2.24) is 15.1 Å². The molecule has 1 heterocycles. The molecule has 1 N–H and O–H groups in total. The summed E-state index contributed by atoms with van der Waals surface area (Å²) in [5.74, 6) is 0.0168. The maximum absolute atomic E-state index is 12.2. The molecule has 0 fully saturated rings. The Hall–Kier alpha value is -1.32. The van der Waals surface area contributed by atoms with Gasteiger partial charge in [0, 0.05) is 19.3 Å². The van der Waals surface area contributed by atoms with Crippen LogP contribution >= 0.6 is 0 Å². The van der Waals surface area contributed by atoms with Gasteiger partial charge in [0.2, 0.25) is 0 Å². The predicted molar refractivity (Wildman–Crippen MR) is 125 cm³/mol. The summed E-state index contributed by atoms with van der Waals surface area (Å²) in [6.45, 7) is 7.79. The minimum absolute atomic E-state index is 0.0168. The Labute approximate surface area is 180 Å². The van der Waals surface area contributed by atoms with E-state index >= 15 is 0 Å². The molecule has 0 aliphatic carbocycles. The van der Waals surface area contributed by atoms with Gasteiger partial charge in [-0.1, -0.05) is 103 Å². The lowest BCUT2D eigenvalue weighted by atomic mass is 10.0. The van der Waals surface area contributed by atoms with Crippen LogP contribution in [-0.2, 0) is 6.54 Å². The highest BCUT2D eigenvalue weighted by Gasteiger charge is 2.12. The Kier molecular flexibility index (Phi) is 15.5. The zero-order chi connectivity index (χ0) is 21.2. The van der Waals surface area contributed by atoms with Crippen molar-refractivity contribution >= 4 is 5.91 Å². The van der Waals surface area contributed by atoms with Crippen molar-refractivity contribution in [3.63, 3.8) is 0 Å². The SMILES string of the molecule is CCCCCCCCCCCCCCCCCCNC(=O)c1cn(CC)nc1C. The fourth-order valence-electron chi connectivity index (χ4n) is 3.87. The molecule has 0 atom stereocenters. The van der Waals surface area contributed by atoms with Gasteiger partial charge in [-0.15, -0.1) is 0 Å². The van der Waals surface area contributed by atoms with E-state index in [1.54, 1.807) is 0 Å². The van der Waals surface area contributed by atoms with Crippen molar-refractivity contribution < 1.29 is 4.79 Å². The zero-order valence-electron chi connectivity index (χ0n) is 19.6. The van der Waals surface area contributed by atoms with Crippen molar-refractivity contribution in [2.45, 2.75) is 130 Å². The van der Waals surface area contributed by atoms with Crippen LogP contribution < -0.4 is 5.32 Å². The third kappa shape index (κ3) is 12.8. The van der Waals surface area contributed by atoms with Gasteiger partial charge in [-0.2, -0.15) is 5.10 Å². The van der Waals surface area contributed by atoms with Crippen LogP contribution in [0.2, 0.25) is 0 Å². The smallest absolute Gasteiger partial charge is 0.254 e. The largest absolute Gasteiger partial charge is 0.352 e. The number of nitrogens with zero attached hydrogens (tertiary/aromatic N) is 2. The second-order valence-electron chi connectivity index (χ2n) is 8.54. The molecular weight excluding hydrogens is 358 g/mol. The number of aromatic nitrogens is 2. The monoisotopic (exact) mass is 405 g/mol. The number of carbonyl (C=O) groups is 1. The molecule has 1 aromatic heterocycles. The summed E-state index contributed by atoms with van der Waals surface area (Å²) in [4.78, 5) is 12.2. The number of unbranched alkanes of at least 4 members (excludes halogenated alkanes) is 15. The lowest BCUT2D eigenvalue weighted by molar-refractivity contribution is 0.0952. The molecule has 1 aromatic rings. The van der Waals surface area contributed by atoms with Crippen molar-refractivity contribution in [1.29, 1.82) is 0 Å². The molecule has 29 heavy (non-hydrogen) atoms. The molecule has 0 saturated heterocycles. The van der Waals surface area contributed by atoms with Gasteiger partial charge in [-0.25, -0.2) is 0 Å². The van der Waals surface area contributed by atoms with E-state index in [0.29, 0.717) is 5.56 Å². The maximum Gasteiger partial charge on any atom is 0.254 e. The number of rotatable bonds is 19. The van der Waals surface area contributed by atoms with Crippen LogP contribution in [-0.4, -0.2) is 22.2 Å². The Morgan fingerprint density at radius 3 is 1.66 bits per heavy atom. The molecule has 168 valence electrons. The first kappa shape index (κ1) is 25.7. The molecule has 0 aromatic carbocycles. The lowest BCUT2D eigenvalue weighted by Crippen LogP contribution is -2.24. The molecule has 0 spiro atoms. The molecule has 0 radical (unpaired) electrons. The van der Waals surface area contributed by atoms with E-state index in [-0.39, 0.29) is 5.91 Å². The Morgan fingerprint density at radius 2 is 1.24 bits per heavy atom. The first-order valence-corrected chi connectivity index (χ1v) is 12.5. The first-order chi connectivity index (χ1) is 14.2. The summed E-state index contributed by atoms with van der Waals surface area (Å²) in [5, 5.41) is 7.37. The first-order valence-electron chi connectivity index (χ1n) is 12.5. The van der Waals surface area contributed by atoms with Crippen LogP contribution in [0.25, 0.3) is 0 Å². The quantitative estimate of drug-likeness (QED) is 0.247. The van der Waals surface area contributed by atoms with Crippen molar-refractivity contribution in [2.75, 3.05) is 6.54 Å². The normalized spacial score (nSPS) is 11.1. The third-order valence-corrected chi connectivity index (χ3v) is 5.83. The molecule has 0 aliphatic heterocycles. The molecule has 0 aliphatic rings. The second kappa shape index (κ2) is 17.5. The number of carbonyl (C=O) groups excluding carboxylic acids is 1.